The van der Waals surface area contributed by atoms with Gasteiger partial charge in [0.1, 0.15) is 11.9 Å². The Labute approximate surface area is 120 Å². The second kappa shape index (κ2) is 6.84. The molecule has 0 bridgehead atoms. The molecule has 1 aromatic rings. The van der Waals surface area contributed by atoms with Crippen molar-refractivity contribution in [2.24, 2.45) is 0 Å². The molecule has 0 aliphatic heterocycles. The number of nitrogens with zero attached hydrogens (tertiary/aromatic N) is 1. The summed E-state index contributed by atoms with van der Waals surface area (Å²) in [5.74, 6) is 0.893. The fraction of sp³-hybridized carbons (Fsp3) is 0.625. The van der Waals surface area contributed by atoms with Crippen molar-refractivity contribution < 1.29 is 9.53 Å². The summed E-state index contributed by atoms with van der Waals surface area (Å²) in [6, 6.07) is 4.99. The number of carbonyl (C=O) groups is 1. The average molecular weight is 276 g/mol. The molecule has 1 aromatic heterocycles. The van der Waals surface area contributed by atoms with Gasteiger partial charge < -0.3 is 14.8 Å². The van der Waals surface area contributed by atoms with Crippen LogP contribution in [0.4, 0.5) is 0 Å². The van der Waals surface area contributed by atoms with Crippen LogP contribution in [0.25, 0.3) is 0 Å². The van der Waals surface area contributed by atoms with E-state index in [0.29, 0.717) is 24.4 Å². The summed E-state index contributed by atoms with van der Waals surface area (Å²) in [7, 11) is 0. The van der Waals surface area contributed by atoms with E-state index in [2.05, 4.69) is 24.1 Å². The van der Waals surface area contributed by atoms with Gasteiger partial charge in [0, 0.05) is 30.8 Å². The maximum Gasteiger partial charge on any atom is 0.213 e. The van der Waals surface area contributed by atoms with Crippen molar-refractivity contribution in [2.75, 3.05) is 0 Å². The summed E-state index contributed by atoms with van der Waals surface area (Å²) in [5, 5.41) is 3.50. The Balaban J connectivity index is 1.79. The number of aromatic nitrogens is 1. The van der Waals surface area contributed by atoms with Crippen LogP contribution in [0.3, 0.4) is 0 Å². The molecule has 2 rings (SSSR count). The molecular weight excluding hydrogens is 252 g/mol. The lowest BCUT2D eigenvalue weighted by Gasteiger charge is -2.36. The van der Waals surface area contributed by atoms with E-state index in [9.17, 15) is 4.79 Å². The Morgan fingerprint density at radius 3 is 2.90 bits per heavy atom. The van der Waals surface area contributed by atoms with Crippen molar-refractivity contribution in [3.05, 3.63) is 23.9 Å². The molecule has 1 N–H and O–H groups in total. The molecule has 1 aliphatic carbocycles. The Morgan fingerprint density at radius 1 is 1.50 bits per heavy atom. The maximum atomic E-state index is 11.0. The van der Waals surface area contributed by atoms with Gasteiger partial charge >= 0.3 is 0 Å². The van der Waals surface area contributed by atoms with Crippen molar-refractivity contribution in [3.63, 3.8) is 0 Å². The van der Waals surface area contributed by atoms with Crippen molar-refractivity contribution in [1.82, 2.24) is 10.3 Å². The summed E-state index contributed by atoms with van der Waals surface area (Å²) < 4.78 is 5.87. The number of nitrogens with one attached hydrogen (secondary N) is 1. The van der Waals surface area contributed by atoms with Gasteiger partial charge in [-0.2, -0.15) is 0 Å². The third kappa shape index (κ3) is 4.60. The van der Waals surface area contributed by atoms with Gasteiger partial charge in [0.15, 0.2) is 0 Å². The number of Topliss-reactive ketones (excluding diaryl/α,β-unsaturated/α-hetero) is 1. The van der Waals surface area contributed by atoms with Crippen LogP contribution >= 0.6 is 0 Å². The first-order valence-corrected chi connectivity index (χ1v) is 7.40. The van der Waals surface area contributed by atoms with E-state index in [0.717, 1.165) is 24.8 Å². The molecule has 0 atom stereocenters. The van der Waals surface area contributed by atoms with Crippen LogP contribution in [0.2, 0.25) is 0 Å². The van der Waals surface area contributed by atoms with Crippen LogP contribution in [-0.4, -0.2) is 29.0 Å². The molecule has 4 heteroatoms. The van der Waals surface area contributed by atoms with Crippen molar-refractivity contribution >= 4 is 5.78 Å². The number of rotatable bonds is 7. The largest absolute Gasteiger partial charge is 0.474 e. The van der Waals surface area contributed by atoms with Gasteiger partial charge in [-0.1, -0.05) is 13.8 Å². The molecule has 1 saturated carbocycles. The topological polar surface area (TPSA) is 51.2 Å². The number of ketones is 1. The summed E-state index contributed by atoms with van der Waals surface area (Å²) in [6.07, 6.45) is 5.44. The standard InChI is InChI=1S/C16H24N2O2/c1-11(2)18-14-9-15(10-14)20-16-8-13(6-7-17-16)5-4-12(3)19/h6-8,11,14-15,18H,4-5,9-10H2,1-3H3/t14-,15-. The fourth-order valence-corrected chi connectivity index (χ4v) is 2.43. The van der Waals surface area contributed by atoms with E-state index in [4.69, 9.17) is 4.74 Å². The van der Waals surface area contributed by atoms with Crippen LogP contribution in [0, 0.1) is 0 Å². The first kappa shape index (κ1) is 15.0. The molecule has 20 heavy (non-hydrogen) atoms. The lowest BCUT2D eigenvalue weighted by Crippen LogP contribution is -2.49. The number of pyridine rings is 1. The normalized spacial score (nSPS) is 21.6. The Hall–Kier alpha value is -1.42. The van der Waals surface area contributed by atoms with Crippen molar-refractivity contribution in [2.45, 2.75) is 64.6 Å². The molecule has 0 radical (unpaired) electrons. The quantitative estimate of drug-likeness (QED) is 0.831. The number of hydrogen-bond donors (Lipinski definition) is 1. The Kier molecular flexibility index (Phi) is 5.12. The molecule has 0 unspecified atom stereocenters. The highest BCUT2D eigenvalue weighted by atomic mass is 16.5. The molecule has 110 valence electrons. The van der Waals surface area contributed by atoms with Crippen molar-refractivity contribution in [3.8, 4) is 5.88 Å². The second-order valence-corrected chi connectivity index (χ2v) is 5.93. The van der Waals surface area contributed by atoms with Gasteiger partial charge in [-0.3, -0.25) is 0 Å². The fourth-order valence-electron chi connectivity index (χ4n) is 2.43. The van der Waals surface area contributed by atoms with E-state index in [1.54, 1.807) is 13.1 Å². The molecule has 1 fully saturated rings. The number of ether oxygens (including phenoxy) is 1. The Bertz CT molecular complexity index is 454. The molecule has 1 aliphatic rings. The predicted octanol–water partition coefficient (Wildman–Crippen LogP) is 2.51. The zero-order valence-electron chi connectivity index (χ0n) is 12.6. The highest BCUT2D eigenvalue weighted by Gasteiger charge is 2.31. The first-order valence-electron chi connectivity index (χ1n) is 7.40. The van der Waals surface area contributed by atoms with Gasteiger partial charge in [-0.05, 0) is 37.8 Å². The molecular formula is C16H24N2O2. The van der Waals surface area contributed by atoms with E-state index in [1.165, 1.54) is 0 Å². The number of carbonyl (C=O) groups excluding carboxylic acids is 1. The minimum Gasteiger partial charge on any atom is -0.474 e. The van der Waals surface area contributed by atoms with Gasteiger partial charge in [0.05, 0.1) is 0 Å². The lowest BCUT2D eigenvalue weighted by molar-refractivity contribution is -0.116. The van der Waals surface area contributed by atoms with Crippen LogP contribution in [0.1, 0.15) is 45.6 Å². The smallest absolute Gasteiger partial charge is 0.213 e. The lowest BCUT2D eigenvalue weighted by atomic mass is 9.89. The van der Waals surface area contributed by atoms with E-state index < -0.39 is 0 Å². The molecule has 1 heterocycles. The van der Waals surface area contributed by atoms with Crippen LogP contribution in [-0.2, 0) is 11.2 Å². The van der Waals surface area contributed by atoms with E-state index in [-0.39, 0.29) is 11.9 Å². The van der Waals surface area contributed by atoms with Crippen LogP contribution in [0.5, 0.6) is 5.88 Å². The Morgan fingerprint density at radius 2 is 2.25 bits per heavy atom. The van der Waals surface area contributed by atoms with Gasteiger partial charge in [0.2, 0.25) is 5.88 Å². The van der Waals surface area contributed by atoms with Gasteiger partial charge in [-0.15, -0.1) is 0 Å². The first-order chi connectivity index (χ1) is 9.52. The minimum absolute atomic E-state index is 0.214. The van der Waals surface area contributed by atoms with Crippen molar-refractivity contribution in [1.29, 1.82) is 0 Å². The zero-order chi connectivity index (χ0) is 14.5. The zero-order valence-corrected chi connectivity index (χ0v) is 12.6. The highest BCUT2D eigenvalue weighted by Crippen LogP contribution is 2.25. The third-order valence-electron chi connectivity index (χ3n) is 3.52. The summed E-state index contributed by atoms with van der Waals surface area (Å²) >= 11 is 0. The minimum atomic E-state index is 0.214. The summed E-state index contributed by atoms with van der Waals surface area (Å²) in [5.41, 5.74) is 1.11. The average Bonchev–Trinajstić information content (AvgIpc) is 2.34. The highest BCUT2D eigenvalue weighted by molar-refractivity contribution is 5.75. The monoisotopic (exact) mass is 276 g/mol. The number of hydrogen-bond acceptors (Lipinski definition) is 4. The molecule has 0 saturated heterocycles. The SMILES string of the molecule is CC(=O)CCc1ccnc(O[C@H]2C[C@H](NC(C)C)C2)c1. The van der Waals surface area contributed by atoms with Crippen LogP contribution in [0.15, 0.2) is 18.3 Å². The predicted molar refractivity (Wildman–Crippen MR) is 78.9 cm³/mol. The molecule has 0 spiro atoms. The third-order valence-corrected chi connectivity index (χ3v) is 3.52. The van der Waals surface area contributed by atoms with E-state index in [1.807, 2.05) is 12.1 Å². The van der Waals surface area contributed by atoms with E-state index >= 15 is 0 Å². The number of aryl methyl sites for hydroxylation is 1. The molecule has 0 amide bonds. The summed E-state index contributed by atoms with van der Waals surface area (Å²) in [6.45, 7) is 5.94. The molecule has 4 nitrogen and oxygen atoms in total. The second-order valence-electron chi connectivity index (χ2n) is 5.93. The van der Waals surface area contributed by atoms with Gasteiger partial charge in [0.25, 0.3) is 0 Å². The molecule has 0 aromatic carbocycles. The summed E-state index contributed by atoms with van der Waals surface area (Å²) in [4.78, 5) is 15.3. The van der Waals surface area contributed by atoms with Crippen LogP contribution < -0.4 is 10.1 Å². The maximum absolute atomic E-state index is 11.0. The van der Waals surface area contributed by atoms with Gasteiger partial charge in [-0.25, -0.2) is 4.98 Å².